The predicted molar refractivity (Wildman–Crippen MR) is 189 cm³/mol. The summed E-state index contributed by atoms with van der Waals surface area (Å²) in [6.07, 6.45) is 0.711. The largest absolute Gasteiger partial charge is 0.483 e. The number of aromatic amines is 1. The molecule has 4 aliphatic rings. The Hall–Kier alpha value is -3.47. The third-order valence-electron chi connectivity index (χ3n) is 9.94. The number of carbonyl (C=O) groups excluding carboxylic acids is 3. The number of hydrogen-bond acceptors (Lipinski definition) is 9. The third-order valence-corrected chi connectivity index (χ3v) is 14.2. The Morgan fingerprint density at radius 2 is 1.71 bits per heavy atom. The molecular weight excluding hydrogens is 776 g/mol. The quantitative estimate of drug-likeness (QED) is 0.215. The second-order valence-electron chi connectivity index (χ2n) is 12.5. The molecule has 2 aliphatic carbocycles. The first-order chi connectivity index (χ1) is 23.4. The van der Waals surface area contributed by atoms with Crippen molar-refractivity contribution in [1.29, 1.82) is 0 Å². The number of nitrogens with zero attached hydrogens (tertiary/aromatic N) is 1. The summed E-state index contributed by atoms with van der Waals surface area (Å²) in [6, 6.07) is 17.7. The van der Waals surface area contributed by atoms with Gasteiger partial charge in [-0.1, -0.05) is 38.9 Å². The molecule has 0 spiro atoms. The summed E-state index contributed by atoms with van der Waals surface area (Å²) in [4.78, 5) is 58.5. The van der Waals surface area contributed by atoms with E-state index in [0.717, 1.165) is 25.7 Å². The molecule has 49 heavy (non-hydrogen) atoms. The van der Waals surface area contributed by atoms with Crippen LogP contribution < -0.4 is 25.0 Å². The zero-order valence-electron chi connectivity index (χ0n) is 25.2. The maximum absolute atomic E-state index is 14.1. The minimum Gasteiger partial charge on any atom is -0.483 e. The van der Waals surface area contributed by atoms with Crippen LogP contribution in [0.3, 0.4) is 0 Å². The average Bonchev–Trinajstić information content (AvgIpc) is 3.79. The number of hydrogen-bond donors (Lipinski definition) is 3. The highest BCUT2D eigenvalue weighted by Crippen LogP contribution is 2.69. The number of halogens is 2. The van der Waals surface area contributed by atoms with Gasteiger partial charge in [0.05, 0.1) is 27.4 Å². The second kappa shape index (κ2) is 12.1. The third kappa shape index (κ3) is 5.54. The van der Waals surface area contributed by atoms with E-state index in [1.165, 1.54) is 29.2 Å². The molecule has 2 bridgehead atoms. The standard InChI is InChI=1S/C33H26BrClN4O7S3/c34-14-1-6-17(7-2-14)39-31(41)26-20-12-21(27(26)32(39)42)28-25(20)24(29-30(47-28)38-33(43)48-29)19-11-15(35)3-10-22(19)46-13-23(40)37-16-4-8-18(9-5-16)49(36,44)45/h1-11,20-21,24-28H,12-13H2,(H,37,40)(H,38,43)(H2,36,44,45)/t20-,21-,24+,25-,26+,27+,28-/m1/s1. The number of primary sulfonamides is 1. The Morgan fingerprint density at radius 1 is 1.02 bits per heavy atom. The van der Waals surface area contributed by atoms with Gasteiger partial charge in [0.2, 0.25) is 21.8 Å². The molecule has 11 nitrogen and oxygen atoms in total. The fraction of sp³-hybridized carbons (Fsp3) is 0.273. The van der Waals surface area contributed by atoms with E-state index in [-0.39, 0.29) is 57.1 Å². The van der Waals surface area contributed by atoms with Crippen molar-refractivity contribution in [3.05, 3.63) is 96.3 Å². The number of nitrogens with two attached hydrogens (primary N) is 1. The van der Waals surface area contributed by atoms with Gasteiger partial charge in [0, 0.05) is 36.8 Å². The number of sulfonamides is 1. The summed E-state index contributed by atoms with van der Waals surface area (Å²) >= 11 is 12.7. The maximum atomic E-state index is 14.1. The first-order valence-corrected chi connectivity index (χ1v) is 19.7. The van der Waals surface area contributed by atoms with Crippen LogP contribution in [0.5, 0.6) is 5.75 Å². The topological polar surface area (TPSA) is 169 Å². The number of fused-ring (bicyclic) bond motifs is 9. The first-order valence-electron chi connectivity index (χ1n) is 15.3. The Labute approximate surface area is 301 Å². The van der Waals surface area contributed by atoms with Gasteiger partial charge in [0.15, 0.2) is 6.61 Å². The van der Waals surface area contributed by atoms with Crippen LogP contribution in [0.15, 0.2) is 85.9 Å². The number of thioether (sulfide) groups is 1. The molecule has 2 aliphatic heterocycles. The van der Waals surface area contributed by atoms with E-state index >= 15 is 0 Å². The molecule has 4 aromatic rings. The molecule has 3 aromatic carbocycles. The summed E-state index contributed by atoms with van der Waals surface area (Å²) in [5.41, 5.74) is 1.60. The molecule has 1 aromatic heterocycles. The summed E-state index contributed by atoms with van der Waals surface area (Å²) in [5, 5.41) is 8.97. The number of aromatic nitrogens is 1. The fourth-order valence-corrected chi connectivity index (χ4v) is 12.0. The molecule has 16 heteroatoms. The zero-order chi connectivity index (χ0) is 34.4. The number of benzene rings is 3. The average molecular weight is 802 g/mol. The molecule has 0 unspecified atom stereocenters. The molecule has 1 saturated heterocycles. The van der Waals surface area contributed by atoms with Gasteiger partial charge in [-0.15, -0.1) is 11.8 Å². The Morgan fingerprint density at radius 3 is 2.41 bits per heavy atom. The van der Waals surface area contributed by atoms with Gasteiger partial charge in [-0.3, -0.25) is 24.1 Å². The molecule has 3 amide bonds. The van der Waals surface area contributed by atoms with E-state index in [1.807, 2.05) is 12.1 Å². The van der Waals surface area contributed by atoms with Crippen LogP contribution in [0.2, 0.25) is 5.02 Å². The van der Waals surface area contributed by atoms with Crippen molar-refractivity contribution >= 4 is 89.7 Å². The highest BCUT2D eigenvalue weighted by molar-refractivity contribution is 9.10. The van der Waals surface area contributed by atoms with Crippen LogP contribution in [0.1, 0.15) is 22.8 Å². The first kappa shape index (κ1) is 32.7. The number of imide groups is 1. The SMILES string of the molecule is NS(=O)(=O)c1ccc(NC(=O)COc2ccc(Cl)cc2[C@@H]2c3sc(=O)[nH]c3S[C@@H]3[C@@H]4C[C@@H]([C@@H]5C(=O)N(c6ccc(Br)cc6)C(=O)[C@@H]45)[C@H]23)cc1. The summed E-state index contributed by atoms with van der Waals surface area (Å²) in [5.74, 6) is -2.09. The molecule has 0 radical (unpaired) electrons. The summed E-state index contributed by atoms with van der Waals surface area (Å²) in [6.45, 7) is -0.372. The minimum absolute atomic E-state index is 0.0499. The van der Waals surface area contributed by atoms with Crippen molar-refractivity contribution in [2.24, 2.45) is 34.7 Å². The Balaban J connectivity index is 1.11. The number of amides is 3. The Kier molecular flexibility index (Phi) is 8.07. The normalized spacial score (nSPS) is 26.8. The number of nitrogens with one attached hydrogen (secondary N) is 2. The highest BCUT2D eigenvalue weighted by Gasteiger charge is 2.69. The molecule has 8 rings (SSSR count). The lowest BCUT2D eigenvalue weighted by atomic mass is 9.68. The van der Waals surface area contributed by atoms with E-state index in [1.54, 1.807) is 42.1 Å². The van der Waals surface area contributed by atoms with Gasteiger partial charge in [0.25, 0.3) is 5.91 Å². The molecule has 3 fully saturated rings. The van der Waals surface area contributed by atoms with Gasteiger partial charge in [-0.25, -0.2) is 13.6 Å². The van der Waals surface area contributed by atoms with Gasteiger partial charge in [-0.2, -0.15) is 0 Å². The number of rotatable bonds is 7. The van der Waals surface area contributed by atoms with Crippen molar-refractivity contribution < 1.29 is 27.5 Å². The van der Waals surface area contributed by atoms with E-state index in [9.17, 15) is 27.6 Å². The highest BCUT2D eigenvalue weighted by atomic mass is 79.9. The summed E-state index contributed by atoms with van der Waals surface area (Å²) in [7, 11) is -3.88. The number of anilines is 2. The number of ether oxygens (including phenoxy) is 1. The van der Waals surface area contributed by atoms with Gasteiger partial charge >= 0.3 is 4.87 Å². The van der Waals surface area contributed by atoms with Gasteiger partial charge in [0.1, 0.15) is 5.75 Å². The molecule has 252 valence electrons. The number of H-pyrrole nitrogens is 1. The van der Waals surface area contributed by atoms with Crippen LogP contribution >= 0.6 is 50.6 Å². The van der Waals surface area contributed by atoms with Crippen LogP contribution in [0.4, 0.5) is 11.4 Å². The van der Waals surface area contributed by atoms with Crippen molar-refractivity contribution in [1.82, 2.24) is 4.98 Å². The van der Waals surface area contributed by atoms with Crippen LogP contribution in [-0.2, 0) is 24.4 Å². The zero-order valence-corrected chi connectivity index (χ0v) is 30.0. The van der Waals surface area contributed by atoms with Crippen molar-refractivity contribution in [2.45, 2.75) is 27.5 Å². The smallest absolute Gasteiger partial charge is 0.305 e. The predicted octanol–water partition coefficient (Wildman–Crippen LogP) is 5.20. The second-order valence-corrected chi connectivity index (χ2v) is 17.7. The molecular formula is C33H26BrClN4O7S3. The van der Waals surface area contributed by atoms with Crippen molar-refractivity contribution in [3.63, 3.8) is 0 Å². The van der Waals surface area contributed by atoms with E-state index in [0.29, 0.717) is 34.1 Å². The van der Waals surface area contributed by atoms with Crippen molar-refractivity contribution in [2.75, 3.05) is 16.8 Å². The number of carbonyl (C=O) groups is 3. The van der Waals surface area contributed by atoms with Crippen LogP contribution in [0, 0.1) is 29.6 Å². The molecule has 2 saturated carbocycles. The van der Waals surface area contributed by atoms with E-state index < -0.39 is 27.8 Å². The monoisotopic (exact) mass is 800 g/mol. The fourth-order valence-electron chi connectivity index (χ4n) is 8.17. The lowest BCUT2D eigenvalue weighted by Crippen LogP contribution is -2.42. The van der Waals surface area contributed by atoms with E-state index in [4.69, 9.17) is 21.5 Å². The van der Waals surface area contributed by atoms with Crippen LogP contribution in [-0.4, -0.2) is 43.0 Å². The maximum Gasteiger partial charge on any atom is 0.305 e. The lowest BCUT2D eigenvalue weighted by molar-refractivity contribution is -0.123. The molecule has 3 heterocycles. The Bertz CT molecular complexity index is 2210. The van der Waals surface area contributed by atoms with Gasteiger partial charge in [-0.05, 0) is 90.9 Å². The lowest BCUT2D eigenvalue weighted by Gasteiger charge is -2.43. The summed E-state index contributed by atoms with van der Waals surface area (Å²) < 4.78 is 30.1. The minimum atomic E-state index is -3.88. The van der Waals surface area contributed by atoms with Crippen LogP contribution in [0.25, 0.3) is 0 Å². The van der Waals surface area contributed by atoms with Crippen molar-refractivity contribution in [3.8, 4) is 5.75 Å². The molecule has 7 atom stereocenters. The van der Waals surface area contributed by atoms with E-state index in [2.05, 4.69) is 26.2 Å². The number of thiazole rings is 1. The molecule has 4 N–H and O–H groups in total. The van der Waals surface area contributed by atoms with Gasteiger partial charge < -0.3 is 15.0 Å².